The van der Waals surface area contributed by atoms with Gasteiger partial charge in [0.1, 0.15) is 17.3 Å². The van der Waals surface area contributed by atoms with Crippen LogP contribution in [0.1, 0.15) is 5.56 Å². The van der Waals surface area contributed by atoms with E-state index in [1.807, 2.05) is 60.7 Å². The molecule has 1 amide bonds. The third kappa shape index (κ3) is 4.63. The first kappa shape index (κ1) is 21.9. The van der Waals surface area contributed by atoms with Crippen LogP contribution in [0, 0.1) is 11.3 Å². The van der Waals surface area contributed by atoms with Crippen LogP contribution >= 0.6 is 0 Å². The van der Waals surface area contributed by atoms with Gasteiger partial charge in [-0.05, 0) is 30.3 Å². The topological polar surface area (TPSA) is 102 Å². The monoisotopic (exact) mass is 442 g/mol. The summed E-state index contributed by atoms with van der Waals surface area (Å²) in [7, 11) is 3.12. The summed E-state index contributed by atoms with van der Waals surface area (Å²) in [6.07, 6.45) is 3.27. The number of benzene rings is 2. The largest absolute Gasteiger partial charge is 0.493 e. The number of fused-ring (bicyclic) bond motifs is 1. The average molecular weight is 442 g/mol. The summed E-state index contributed by atoms with van der Waals surface area (Å²) < 4.78 is 18.1. The third-order valence-electron chi connectivity index (χ3n) is 4.98. The molecule has 0 bridgehead atoms. The molecule has 0 saturated carbocycles. The molecule has 0 saturated heterocycles. The molecule has 0 fully saturated rings. The number of hydrogen-bond acceptors (Lipinski definition) is 6. The van der Waals surface area contributed by atoms with Crippen LogP contribution in [0.4, 0.5) is 0 Å². The molecule has 8 heteroatoms. The molecule has 0 aliphatic carbocycles. The first-order chi connectivity index (χ1) is 16.1. The van der Waals surface area contributed by atoms with Crippen molar-refractivity contribution >= 4 is 23.0 Å². The van der Waals surface area contributed by atoms with Gasteiger partial charge in [0, 0.05) is 30.8 Å². The average Bonchev–Trinajstić information content (AvgIpc) is 3.47. The molecule has 2 aromatic heterocycles. The number of furan rings is 1. The van der Waals surface area contributed by atoms with Crippen molar-refractivity contribution in [3.05, 3.63) is 71.9 Å². The van der Waals surface area contributed by atoms with Gasteiger partial charge >= 0.3 is 0 Å². The summed E-state index contributed by atoms with van der Waals surface area (Å²) in [6.45, 7) is 0.649. The van der Waals surface area contributed by atoms with Crippen LogP contribution in [0.3, 0.4) is 0 Å². The molecule has 1 N–H and O–H groups in total. The first-order valence-electron chi connectivity index (χ1n) is 10.3. The number of nitrogens with zero attached hydrogens (tertiary/aromatic N) is 3. The standard InChI is InChI=1S/C25H22N4O4/c1-31-12-11-27-25(30)18(15-26)13-19-16-29(20-8-4-3-5-9-20)28-23(19)22-14-17-7-6-10-21(32-2)24(17)33-22/h3-10,13-14,16H,11-12H2,1-2H3,(H,27,30). The number of hydrogen-bond donors (Lipinski definition) is 1. The van der Waals surface area contributed by atoms with Crippen LogP contribution in [-0.2, 0) is 9.53 Å². The molecule has 2 heterocycles. The Balaban J connectivity index is 1.82. The lowest BCUT2D eigenvalue weighted by molar-refractivity contribution is -0.117. The van der Waals surface area contributed by atoms with E-state index >= 15 is 0 Å². The molecule has 0 aliphatic heterocycles. The summed E-state index contributed by atoms with van der Waals surface area (Å²) in [4.78, 5) is 12.5. The highest BCUT2D eigenvalue weighted by Crippen LogP contribution is 2.35. The minimum Gasteiger partial charge on any atom is -0.493 e. The smallest absolute Gasteiger partial charge is 0.262 e. The maximum atomic E-state index is 12.5. The Hall–Kier alpha value is -4.35. The molecule has 0 atom stereocenters. The van der Waals surface area contributed by atoms with E-state index in [2.05, 4.69) is 5.32 Å². The number of nitrogens with one attached hydrogen (secondary N) is 1. The fraction of sp³-hybridized carbons (Fsp3) is 0.160. The summed E-state index contributed by atoms with van der Waals surface area (Å²) in [5, 5.41) is 17.8. The van der Waals surface area contributed by atoms with Crippen molar-refractivity contribution in [2.45, 2.75) is 0 Å². The Labute approximate surface area is 190 Å². The predicted octanol–water partition coefficient (Wildman–Crippen LogP) is 3.96. The molecule has 0 aliphatic rings. The summed E-state index contributed by atoms with van der Waals surface area (Å²) in [5.41, 5.74) is 2.44. The van der Waals surface area contributed by atoms with E-state index in [0.717, 1.165) is 11.1 Å². The van der Waals surface area contributed by atoms with Gasteiger partial charge in [-0.25, -0.2) is 4.68 Å². The van der Waals surface area contributed by atoms with Crippen molar-refractivity contribution in [2.75, 3.05) is 27.4 Å². The second-order valence-electron chi connectivity index (χ2n) is 7.12. The molecule has 166 valence electrons. The molecule has 0 radical (unpaired) electrons. The quantitative estimate of drug-likeness (QED) is 0.252. The summed E-state index contributed by atoms with van der Waals surface area (Å²) in [6, 6.07) is 19.0. The van der Waals surface area contributed by atoms with Gasteiger partial charge in [-0.15, -0.1) is 0 Å². The van der Waals surface area contributed by atoms with E-state index in [1.54, 1.807) is 25.1 Å². The zero-order valence-corrected chi connectivity index (χ0v) is 18.2. The van der Waals surface area contributed by atoms with Gasteiger partial charge in [0.05, 0.1) is 19.4 Å². The van der Waals surface area contributed by atoms with Crippen molar-refractivity contribution in [1.82, 2.24) is 15.1 Å². The second-order valence-corrected chi connectivity index (χ2v) is 7.12. The van der Waals surface area contributed by atoms with Crippen LogP contribution in [-0.4, -0.2) is 43.1 Å². The van der Waals surface area contributed by atoms with E-state index in [4.69, 9.17) is 19.0 Å². The van der Waals surface area contributed by atoms with E-state index in [-0.39, 0.29) is 5.57 Å². The molecular weight excluding hydrogens is 420 g/mol. The predicted molar refractivity (Wildman–Crippen MR) is 124 cm³/mol. The van der Waals surface area contributed by atoms with Gasteiger partial charge in [-0.3, -0.25) is 4.79 Å². The number of nitriles is 1. The van der Waals surface area contributed by atoms with E-state index in [1.165, 1.54) is 6.08 Å². The number of carbonyl (C=O) groups is 1. The van der Waals surface area contributed by atoms with E-state index in [0.29, 0.717) is 41.5 Å². The normalized spacial score (nSPS) is 11.4. The summed E-state index contributed by atoms with van der Waals surface area (Å²) in [5.74, 6) is 0.611. The molecule has 8 nitrogen and oxygen atoms in total. The number of rotatable bonds is 8. The van der Waals surface area contributed by atoms with Crippen LogP contribution in [0.5, 0.6) is 5.75 Å². The second kappa shape index (κ2) is 9.85. The van der Waals surface area contributed by atoms with Crippen molar-refractivity contribution < 1.29 is 18.7 Å². The van der Waals surface area contributed by atoms with Crippen LogP contribution in [0.15, 0.2) is 70.8 Å². The molecular formula is C25H22N4O4. The number of amides is 1. The van der Waals surface area contributed by atoms with Gasteiger partial charge in [-0.2, -0.15) is 10.4 Å². The Morgan fingerprint density at radius 1 is 1.21 bits per heavy atom. The lowest BCUT2D eigenvalue weighted by Gasteiger charge is -2.03. The van der Waals surface area contributed by atoms with E-state index < -0.39 is 5.91 Å². The van der Waals surface area contributed by atoms with Gasteiger partial charge in [-0.1, -0.05) is 30.3 Å². The van der Waals surface area contributed by atoms with E-state index in [9.17, 15) is 10.1 Å². The third-order valence-corrected chi connectivity index (χ3v) is 4.98. The minimum atomic E-state index is -0.487. The zero-order valence-electron chi connectivity index (χ0n) is 18.2. The van der Waals surface area contributed by atoms with Crippen molar-refractivity contribution in [2.24, 2.45) is 0 Å². The number of aromatic nitrogens is 2. The number of carbonyl (C=O) groups excluding carboxylic acids is 1. The Kier molecular flexibility index (Phi) is 6.53. The highest BCUT2D eigenvalue weighted by Gasteiger charge is 2.19. The fourth-order valence-electron chi connectivity index (χ4n) is 3.38. The number of para-hydroxylation sites is 2. The Morgan fingerprint density at radius 2 is 2.03 bits per heavy atom. The minimum absolute atomic E-state index is 0.0475. The highest BCUT2D eigenvalue weighted by atomic mass is 16.5. The first-order valence-corrected chi connectivity index (χ1v) is 10.3. The lowest BCUT2D eigenvalue weighted by Crippen LogP contribution is -2.27. The highest BCUT2D eigenvalue weighted by molar-refractivity contribution is 6.02. The van der Waals surface area contributed by atoms with Gasteiger partial charge in [0.15, 0.2) is 17.1 Å². The lowest BCUT2D eigenvalue weighted by atomic mass is 10.1. The number of ether oxygens (including phenoxy) is 2. The van der Waals surface area contributed by atoms with Crippen molar-refractivity contribution in [3.63, 3.8) is 0 Å². The maximum absolute atomic E-state index is 12.5. The Morgan fingerprint density at radius 3 is 2.76 bits per heavy atom. The Bertz CT molecular complexity index is 1350. The van der Waals surface area contributed by atoms with Crippen LogP contribution < -0.4 is 10.1 Å². The molecule has 4 rings (SSSR count). The number of methoxy groups -OCH3 is 2. The van der Waals surface area contributed by atoms with Crippen LogP contribution in [0.25, 0.3) is 34.2 Å². The van der Waals surface area contributed by atoms with Crippen LogP contribution in [0.2, 0.25) is 0 Å². The molecule has 33 heavy (non-hydrogen) atoms. The zero-order chi connectivity index (χ0) is 23.2. The van der Waals surface area contributed by atoms with Gasteiger partial charge in [0.2, 0.25) is 0 Å². The summed E-state index contributed by atoms with van der Waals surface area (Å²) >= 11 is 0. The molecule has 4 aromatic rings. The van der Waals surface area contributed by atoms with Gasteiger partial charge < -0.3 is 19.2 Å². The van der Waals surface area contributed by atoms with Crippen molar-refractivity contribution in [3.8, 4) is 29.0 Å². The van der Waals surface area contributed by atoms with Crippen molar-refractivity contribution in [1.29, 1.82) is 5.26 Å². The molecule has 2 aromatic carbocycles. The fourth-order valence-corrected chi connectivity index (χ4v) is 3.38. The molecule has 0 unspecified atom stereocenters. The maximum Gasteiger partial charge on any atom is 0.262 e. The van der Waals surface area contributed by atoms with Gasteiger partial charge in [0.25, 0.3) is 5.91 Å². The SMILES string of the molecule is COCCNC(=O)C(C#N)=Cc1cn(-c2ccccc2)nc1-c1cc2cccc(OC)c2o1. The molecule has 0 spiro atoms.